The summed E-state index contributed by atoms with van der Waals surface area (Å²) >= 11 is 0. The standard InChI is InChI=1S/C20H30Si.C4H11Si.Sc/c1-19(2,3)15-9-11-17(13-15)21(7,8)18-12-10-16(14-18)20(4,5)6;1-5(2,3)4;/h9-14H,1-8H3;1H2,2-4H3;/q;-1;. The summed E-state index contributed by atoms with van der Waals surface area (Å²) in [5.74, 6) is 2.92. The van der Waals surface area contributed by atoms with E-state index in [0.717, 1.165) is 0 Å². The molecule has 0 N–H and O–H groups in total. The van der Waals surface area contributed by atoms with E-state index in [4.69, 9.17) is 0 Å². The van der Waals surface area contributed by atoms with Gasteiger partial charge in [0.15, 0.2) is 0 Å². The van der Waals surface area contributed by atoms with E-state index >= 15 is 0 Å². The molecule has 0 aromatic heterocycles. The van der Waals surface area contributed by atoms with Gasteiger partial charge in [0, 0.05) is 25.8 Å². The maximum atomic E-state index is 3.91. The maximum absolute atomic E-state index is 3.91. The van der Waals surface area contributed by atoms with Crippen LogP contribution in [-0.2, 0) is 25.8 Å². The van der Waals surface area contributed by atoms with E-state index in [1.54, 1.807) is 11.1 Å². The van der Waals surface area contributed by atoms with Crippen LogP contribution in [0.4, 0.5) is 0 Å². The van der Waals surface area contributed by atoms with Crippen molar-refractivity contribution >= 4 is 16.1 Å². The minimum absolute atomic E-state index is 0. The van der Waals surface area contributed by atoms with Crippen molar-refractivity contribution in [3.8, 4) is 0 Å². The maximum Gasteiger partial charge on any atom is 0.0618 e. The zero-order chi connectivity index (χ0) is 20.6. The summed E-state index contributed by atoms with van der Waals surface area (Å²) in [5.41, 5.74) is 3.59. The Hall–Kier alpha value is 1.30. The Morgan fingerprint density at radius 2 is 0.889 bits per heavy atom. The van der Waals surface area contributed by atoms with Crippen LogP contribution >= 0.6 is 0 Å². The molecular formula is C24H41ScSi2-. The molecule has 2 saturated carbocycles. The molecular weight excluding hydrogens is 389 g/mol. The molecule has 2 rings (SSSR count). The van der Waals surface area contributed by atoms with Gasteiger partial charge in [-0.25, -0.2) is 0 Å². The molecule has 0 heterocycles. The van der Waals surface area contributed by atoms with Crippen LogP contribution < -0.4 is 0 Å². The summed E-state index contributed by atoms with van der Waals surface area (Å²) in [4.78, 5) is 0. The third-order valence-electron chi connectivity index (χ3n) is 4.68. The van der Waals surface area contributed by atoms with Gasteiger partial charge >= 0.3 is 0 Å². The minimum atomic E-state index is -1.57. The van der Waals surface area contributed by atoms with Crippen LogP contribution in [0.3, 0.4) is 0 Å². The molecule has 0 unspecified atom stereocenters. The molecule has 0 aromatic carbocycles. The van der Waals surface area contributed by atoms with Crippen molar-refractivity contribution in [3.63, 3.8) is 0 Å². The van der Waals surface area contributed by atoms with Crippen molar-refractivity contribution in [3.05, 3.63) is 68.0 Å². The predicted octanol–water partition coefficient (Wildman–Crippen LogP) is 7.11. The van der Waals surface area contributed by atoms with Crippen LogP contribution in [-0.4, -0.2) is 16.1 Å². The summed E-state index contributed by atoms with van der Waals surface area (Å²) in [5, 5.41) is 0. The Kier molecular flexibility index (Phi) is 10.6. The SMILES string of the molecule is CC(C)(C)[C]1[CH][CH][C]([Si](C)(C)[C]2[CH][CH][C](C(C)(C)C)[CH]2)[CH]1.[CH2-][Si](C)(C)C.[Sc]. The molecule has 0 aliphatic heterocycles. The largest absolute Gasteiger partial charge is 0.342 e. The topological polar surface area (TPSA) is 0 Å². The molecule has 2 aliphatic carbocycles. The Morgan fingerprint density at radius 3 is 1.07 bits per heavy atom. The summed E-state index contributed by atoms with van der Waals surface area (Å²) in [7, 11) is -2.43. The second-order valence-corrected chi connectivity index (χ2v) is 21.0. The second kappa shape index (κ2) is 10.1. The average Bonchev–Trinajstić information content (AvgIpc) is 3.06. The van der Waals surface area contributed by atoms with Crippen molar-refractivity contribution in [2.45, 2.75) is 74.3 Å². The molecule has 0 amide bonds. The fourth-order valence-electron chi connectivity index (χ4n) is 2.76. The van der Waals surface area contributed by atoms with Gasteiger partial charge in [-0.1, -0.05) is 74.3 Å². The molecule has 149 valence electrons. The van der Waals surface area contributed by atoms with Gasteiger partial charge < -0.3 is 6.55 Å². The van der Waals surface area contributed by atoms with E-state index in [9.17, 15) is 0 Å². The van der Waals surface area contributed by atoms with Gasteiger partial charge in [-0.2, -0.15) is 0 Å². The number of hydrogen-bond acceptors (Lipinski definition) is 0. The normalized spacial score (nSPS) is 21.8. The fraction of sp³-hybridized carbons (Fsp3) is 0.542. The first-order valence-electron chi connectivity index (χ1n) is 9.83. The van der Waals surface area contributed by atoms with Crippen LogP contribution in [0.25, 0.3) is 0 Å². The molecule has 27 heavy (non-hydrogen) atoms. The molecule has 0 atom stereocenters. The van der Waals surface area contributed by atoms with E-state index < -0.39 is 16.1 Å². The van der Waals surface area contributed by atoms with Crippen LogP contribution in [0, 0.1) is 78.8 Å². The third-order valence-corrected chi connectivity index (χ3v) is 8.19. The van der Waals surface area contributed by atoms with E-state index in [0.29, 0.717) is 0 Å². The average molecular weight is 431 g/mol. The van der Waals surface area contributed by atoms with E-state index in [2.05, 4.69) is 119 Å². The molecule has 3 heteroatoms. The van der Waals surface area contributed by atoms with Gasteiger partial charge in [-0.15, -0.1) is 8.07 Å². The monoisotopic (exact) mass is 430 g/mol. The van der Waals surface area contributed by atoms with Crippen LogP contribution in [0.2, 0.25) is 32.7 Å². The predicted molar refractivity (Wildman–Crippen MR) is 124 cm³/mol. The van der Waals surface area contributed by atoms with Gasteiger partial charge in [-0.05, 0) is 72.3 Å². The van der Waals surface area contributed by atoms with E-state index in [1.807, 2.05) is 0 Å². The van der Waals surface area contributed by atoms with Crippen molar-refractivity contribution in [1.82, 2.24) is 0 Å². The minimum Gasteiger partial charge on any atom is -0.342 e. The van der Waals surface area contributed by atoms with Gasteiger partial charge in [0.2, 0.25) is 0 Å². The summed E-state index contributed by atoms with van der Waals surface area (Å²) in [6.07, 6.45) is 14.2. The zero-order valence-electron chi connectivity index (χ0n) is 19.7. The number of rotatable bonds is 2. The van der Waals surface area contributed by atoms with E-state index in [1.165, 1.54) is 11.8 Å². The molecule has 11 radical (unpaired) electrons. The first-order valence-corrected chi connectivity index (χ1v) is 16.5. The van der Waals surface area contributed by atoms with Crippen LogP contribution in [0.15, 0.2) is 0 Å². The van der Waals surface area contributed by atoms with E-state index in [-0.39, 0.29) is 36.7 Å². The number of hydrogen-bond donors (Lipinski definition) is 0. The third kappa shape index (κ3) is 9.32. The Bertz CT molecular complexity index is 397. The Morgan fingerprint density at radius 1 is 0.630 bits per heavy atom. The smallest absolute Gasteiger partial charge is 0.0618 e. The molecule has 0 saturated heterocycles. The zero-order valence-corrected chi connectivity index (χ0v) is 23.6. The first-order chi connectivity index (χ1) is 11.4. The quantitative estimate of drug-likeness (QED) is 0.323. The second-order valence-electron chi connectivity index (χ2n) is 11.5. The summed E-state index contributed by atoms with van der Waals surface area (Å²) in [6, 6.07) is 0. The Labute approximate surface area is 194 Å². The summed E-state index contributed by atoms with van der Waals surface area (Å²) in [6.45, 7) is 29.2. The van der Waals surface area contributed by atoms with Gasteiger partial charge in [0.1, 0.15) is 0 Å². The molecule has 0 spiro atoms. The molecule has 0 bridgehead atoms. The van der Waals surface area contributed by atoms with Crippen molar-refractivity contribution in [1.29, 1.82) is 0 Å². The molecule has 2 aliphatic rings. The fourth-order valence-corrected chi connectivity index (χ4v) is 5.13. The van der Waals surface area contributed by atoms with Crippen LogP contribution in [0.1, 0.15) is 41.5 Å². The van der Waals surface area contributed by atoms with Crippen molar-refractivity contribution in [2.24, 2.45) is 10.8 Å². The molecule has 0 aromatic rings. The summed E-state index contributed by atoms with van der Waals surface area (Å²) < 4.78 is 0. The molecule has 2 fully saturated rings. The van der Waals surface area contributed by atoms with Crippen LogP contribution in [0.5, 0.6) is 0 Å². The first kappa shape index (κ1) is 28.3. The molecule has 0 nitrogen and oxygen atoms in total. The van der Waals surface area contributed by atoms with Gasteiger partial charge in [0.25, 0.3) is 0 Å². The Balaban J connectivity index is 0.00000100. The van der Waals surface area contributed by atoms with Gasteiger partial charge in [-0.3, -0.25) is 0 Å². The van der Waals surface area contributed by atoms with Crippen molar-refractivity contribution in [2.75, 3.05) is 0 Å². The van der Waals surface area contributed by atoms with Gasteiger partial charge in [0.05, 0.1) is 8.07 Å². The van der Waals surface area contributed by atoms with Crippen molar-refractivity contribution < 1.29 is 25.8 Å².